The molecule has 0 amide bonds. The number of anilines is 1. The van der Waals surface area contributed by atoms with Crippen LogP contribution >= 0.6 is 48.4 Å². The molecule has 12 heterocycles. The van der Waals surface area contributed by atoms with Gasteiger partial charge in [0.1, 0.15) is 33.7 Å². The molecule has 19 nitrogen and oxygen atoms in total. The van der Waals surface area contributed by atoms with Crippen LogP contribution in [0.4, 0.5) is 19.0 Å². The van der Waals surface area contributed by atoms with Crippen molar-refractivity contribution in [2.75, 3.05) is 25.8 Å². The third-order valence-corrected chi connectivity index (χ3v) is 13.8. The molecule has 5 N–H and O–H groups in total. The van der Waals surface area contributed by atoms with Crippen LogP contribution in [-0.2, 0) is 71.5 Å². The van der Waals surface area contributed by atoms with Crippen molar-refractivity contribution in [3.05, 3.63) is 307 Å². The molecule has 102 heavy (non-hydrogen) atoms. The molecule has 0 aliphatic rings. The minimum absolute atomic E-state index is 0. The Morgan fingerprint density at radius 1 is 0.529 bits per heavy atom. The maximum atomic E-state index is 10.7. The molecular formula is C72H67BrCl3F3Ir2N13O6SZn-3. The Kier molecular flexibility index (Phi) is 46.6. The number of aryl methyl sites for hydroxylation is 4. The summed E-state index contributed by atoms with van der Waals surface area (Å²) in [6.45, 7) is 8.01. The van der Waals surface area contributed by atoms with E-state index < -0.39 is 15.6 Å². The average Bonchev–Trinajstić information content (AvgIpc) is 1.57. The van der Waals surface area contributed by atoms with E-state index in [1.54, 1.807) is 55.5 Å². The molecule has 534 valence electrons. The molecule has 0 bridgehead atoms. The fourth-order valence-corrected chi connectivity index (χ4v) is 8.15. The number of halogens is 7. The first-order valence-electron chi connectivity index (χ1n) is 29.1. The quantitative estimate of drug-likeness (QED) is 0.0237. The Hall–Kier alpha value is -8.23. The van der Waals surface area contributed by atoms with Crippen molar-refractivity contribution < 1.29 is 97.7 Å². The van der Waals surface area contributed by atoms with Gasteiger partial charge in [-0.3, -0.25) is 23.3 Å². The zero-order chi connectivity index (χ0) is 73.7. The second-order valence-corrected chi connectivity index (χ2v) is 21.3. The second kappa shape index (κ2) is 51.8. The normalized spacial score (nSPS) is 9.67. The van der Waals surface area contributed by atoms with E-state index in [1.165, 1.54) is 27.5 Å². The molecule has 0 unspecified atom stereocenters. The van der Waals surface area contributed by atoms with Crippen LogP contribution < -0.4 is 5.73 Å². The first-order chi connectivity index (χ1) is 48.3. The smallest absolute Gasteiger partial charge is 0.0160 e. The average molecular weight is 1940 g/mol. The maximum absolute atomic E-state index is 10.7. The van der Waals surface area contributed by atoms with E-state index in [0.717, 1.165) is 92.7 Å². The molecular weight excluding hydrogens is 1870 g/mol. The van der Waals surface area contributed by atoms with E-state index in [4.69, 9.17) is 68.5 Å². The van der Waals surface area contributed by atoms with Gasteiger partial charge < -0.3 is 45.1 Å². The van der Waals surface area contributed by atoms with Gasteiger partial charge >= 0.3 is 45.6 Å². The molecule has 0 aliphatic heterocycles. The molecule has 0 aliphatic carbocycles. The van der Waals surface area contributed by atoms with Gasteiger partial charge in [0, 0.05) is 115 Å². The number of carbonyl (C=O) groups excluding carboxylic acids is 1. The Balaban J connectivity index is 0.000000578. The number of nitrogen functional groups attached to an aromatic ring is 1. The SMILES string of the molecule is CO.CO.Cc1ccc(N)nc1Cl.Cc1ccc2nc[c-]n2c1-c1ccccn1.Cc1ccc2nccn2c1-c1ccccn1.Cc1ccc2nccn2c1Cl.O=CCCl.O=S(=O)(O)C(F)(F)F.[Ir].[Ir].[Zn+][Br].[c-]1ccccc1-c1ccccn1.[c-]1ccccc1-c1ccccn1.[c-]1ccccn1. The van der Waals surface area contributed by atoms with Crippen molar-refractivity contribution in [1.82, 2.24) is 58.1 Å². The zero-order valence-corrected chi connectivity index (χ0v) is 67.8. The molecule has 0 atom stereocenters. The van der Waals surface area contributed by atoms with Gasteiger partial charge in [-0.05, 0) is 122 Å². The fraction of sp³-hybridized carbons (Fsp3) is 0.111. The van der Waals surface area contributed by atoms with Crippen molar-refractivity contribution in [1.29, 1.82) is 0 Å². The third-order valence-electron chi connectivity index (χ3n) is 12.2. The number of rotatable bonds is 5. The summed E-state index contributed by atoms with van der Waals surface area (Å²) in [7, 11) is -3.84. The molecule has 14 rings (SSSR count). The molecule has 2 radical (unpaired) electrons. The molecule has 0 saturated carbocycles. The summed E-state index contributed by atoms with van der Waals surface area (Å²) >= 11 is 20.7. The number of nitrogens with two attached hydrogens (primary N) is 1. The number of fused-ring (bicyclic) bond motifs is 3. The van der Waals surface area contributed by atoms with Gasteiger partial charge in [-0.25, -0.2) is 15.0 Å². The Bertz CT molecular complexity index is 4360. The topological polar surface area (TPSA) is 267 Å². The number of pyridine rings is 9. The predicted octanol–water partition coefficient (Wildman–Crippen LogP) is 16.0. The summed E-state index contributed by atoms with van der Waals surface area (Å²) in [4.78, 5) is 46.3. The van der Waals surface area contributed by atoms with Crippen LogP contribution in [0.25, 0.3) is 62.2 Å². The molecule has 0 spiro atoms. The number of carbonyl (C=O) groups is 1. The molecule has 0 saturated heterocycles. The molecule has 12 aromatic heterocycles. The van der Waals surface area contributed by atoms with Crippen LogP contribution in [0.15, 0.2) is 250 Å². The van der Waals surface area contributed by atoms with Crippen molar-refractivity contribution in [2.24, 2.45) is 0 Å². The van der Waals surface area contributed by atoms with Crippen LogP contribution in [0.5, 0.6) is 0 Å². The van der Waals surface area contributed by atoms with Crippen molar-refractivity contribution in [2.45, 2.75) is 33.2 Å². The number of benzene rings is 2. The van der Waals surface area contributed by atoms with Crippen LogP contribution in [0.2, 0.25) is 10.3 Å². The molecule has 0 fully saturated rings. The summed E-state index contributed by atoms with van der Waals surface area (Å²) in [5.74, 6) is 0.575. The van der Waals surface area contributed by atoms with Crippen molar-refractivity contribution in [3.63, 3.8) is 0 Å². The van der Waals surface area contributed by atoms with Gasteiger partial charge in [0.15, 0.2) is 0 Å². The number of hydrogen-bond donors (Lipinski definition) is 4. The minimum atomic E-state index is -5.84. The monoisotopic (exact) mass is 1930 g/mol. The Morgan fingerprint density at radius 3 is 1.31 bits per heavy atom. The van der Waals surface area contributed by atoms with Crippen LogP contribution in [0, 0.1) is 52.2 Å². The first-order valence-corrected chi connectivity index (χ1v) is 38.8. The van der Waals surface area contributed by atoms with Crippen molar-refractivity contribution >= 4 is 87.6 Å². The van der Waals surface area contributed by atoms with Gasteiger partial charge in [0.2, 0.25) is 0 Å². The van der Waals surface area contributed by atoms with Gasteiger partial charge in [-0.15, -0.1) is 83.4 Å². The van der Waals surface area contributed by atoms with E-state index in [1.807, 2.05) is 205 Å². The maximum Gasteiger partial charge on any atom is 0.0160 e. The van der Waals surface area contributed by atoms with E-state index in [-0.39, 0.29) is 46.1 Å². The van der Waals surface area contributed by atoms with Gasteiger partial charge in [-0.1, -0.05) is 114 Å². The summed E-state index contributed by atoms with van der Waals surface area (Å²) < 4.78 is 63.4. The van der Waals surface area contributed by atoms with E-state index in [2.05, 4.69) is 113 Å². The first kappa shape index (κ1) is 91.8. The third kappa shape index (κ3) is 32.0. The summed E-state index contributed by atoms with van der Waals surface area (Å²) in [5, 5.41) is 15.2. The molecule has 30 heteroatoms. The number of aromatic nitrogens is 12. The Labute approximate surface area is 649 Å². The van der Waals surface area contributed by atoms with Crippen LogP contribution in [0.1, 0.15) is 22.3 Å². The Morgan fingerprint density at radius 2 is 0.931 bits per heavy atom. The minimum Gasteiger partial charge on any atom is -0.394 e. The summed E-state index contributed by atoms with van der Waals surface area (Å²) in [5.41, 5.74) is 15.0. The standard InChI is InChI=1S/C13H11N3.C13H10N3.2C11H8N.C8H7ClN2.C6H7ClN2.C5H4N.C2H3ClO.CHF3O3S.2CH4O.BrH.2Ir.Zn/c2*1-10-5-6-12-15-8-9-16(12)13(10)11-4-2-3-7-14-11;2*1-2-6-10(7-3-1)11-8-4-5-9-12-11;1-6-2-3-7-10-4-5-11(7)8(6)9;1-4-2-3-5(8)9-6(4)7;1-2-4-6-5-3-1;3-1-2-4;2-1(3,4)8(5,6)7;2*1-2;;;;/h2-9H,1H3;2-8H,1H3;2*1-6,8-9H;2-5H,1H3;2-3H,1H3,(H2,8,9);1-4H;2H,1H2;(H,5,6,7);2*2H,1H3;1H;;;/q;3*-1;;;-1;;;;;;;;+2/p-1. The van der Waals surface area contributed by atoms with Gasteiger partial charge in [0.25, 0.3) is 0 Å². The summed E-state index contributed by atoms with van der Waals surface area (Å²) in [6, 6.07) is 66.6. The van der Waals surface area contributed by atoms with Crippen LogP contribution in [0.3, 0.4) is 0 Å². The zero-order valence-electron chi connectivity index (χ0n) is 55.4. The number of aldehydes is 1. The number of imidazole rings is 3. The fourth-order valence-electron chi connectivity index (χ4n) is 7.78. The van der Waals surface area contributed by atoms with Crippen LogP contribution in [-0.4, -0.2) is 113 Å². The van der Waals surface area contributed by atoms with Gasteiger partial charge in [0.05, 0.1) is 17.3 Å². The number of nitrogens with zero attached hydrogens (tertiary/aromatic N) is 12. The van der Waals surface area contributed by atoms with Crippen molar-refractivity contribution in [3.8, 4) is 45.3 Å². The number of alkyl halides is 4. The van der Waals surface area contributed by atoms with E-state index >= 15 is 0 Å². The molecule has 14 aromatic rings. The largest absolute Gasteiger partial charge is 0.394 e. The number of hydrogen-bond acceptors (Lipinski definition) is 15. The summed E-state index contributed by atoms with van der Waals surface area (Å²) in [6.07, 6.45) is 24.3. The predicted molar refractivity (Wildman–Crippen MR) is 388 cm³/mol. The number of aliphatic hydroxyl groups is 2. The van der Waals surface area contributed by atoms with E-state index in [9.17, 15) is 13.2 Å². The molecule has 2 aromatic carbocycles. The number of aliphatic hydroxyl groups excluding tert-OH is 2. The van der Waals surface area contributed by atoms with Gasteiger partial charge in [-0.2, -0.15) is 39.8 Å². The second-order valence-electron chi connectivity index (χ2n) is 18.9. The van der Waals surface area contributed by atoms with E-state index in [0.29, 0.717) is 17.3 Å².